The van der Waals surface area contributed by atoms with Gasteiger partial charge in [-0.05, 0) is 35.4 Å². The number of hydrogen-bond donors (Lipinski definition) is 0. The zero-order chi connectivity index (χ0) is 15.0. The summed E-state index contributed by atoms with van der Waals surface area (Å²) < 4.78 is 76.3. The standard InChI is InChI=1S/C13H7F6N/c14-12(15,16)9-1-2-10(8-3-5-20-6-4-8)11(7-9)13(17,18)19/h1-7H. The first-order valence-electron chi connectivity index (χ1n) is 5.38. The van der Waals surface area contributed by atoms with Crippen LogP contribution in [0.3, 0.4) is 0 Å². The van der Waals surface area contributed by atoms with E-state index in [4.69, 9.17) is 0 Å². The summed E-state index contributed by atoms with van der Waals surface area (Å²) >= 11 is 0. The van der Waals surface area contributed by atoms with Crippen molar-refractivity contribution in [3.8, 4) is 11.1 Å². The van der Waals surface area contributed by atoms with Gasteiger partial charge in [0.2, 0.25) is 0 Å². The van der Waals surface area contributed by atoms with Gasteiger partial charge in [0.1, 0.15) is 0 Å². The second-order valence-electron chi connectivity index (χ2n) is 3.99. The van der Waals surface area contributed by atoms with E-state index in [9.17, 15) is 26.3 Å². The molecule has 0 N–H and O–H groups in total. The molecule has 0 saturated heterocycles. The lowest BCUT2D eigenvalue weighted by atomic mass is 9.97. The largest absolute Gasteiger partial charge is 0.417 e. The van der Waals surface area contributed by atoms with E-state index < -0.39 is 23.5 Å². The van der Waals surface area contributed by atoms with Crippen LogP contribution in [0, 0.1) is 0 Å². The molecule has 1 aromatic carbocycles. The normalized spacial score (nSPS) is 12.5. The monoisotopic (exact) mass is 291 g/mol. The van der Waals surface area contributed by atoms with Crippen LogP contribution in [0.25, 0.3) is 11.1 Å². The van der Waals surface area contributed by atoms with Crippen molar-refractivity contribution in [2.45, 2.75) is 12.4 Å². The highest BCUT2D eigenvalue weighted by Crippen LogP contribution is 2.40. The highest BCUT2D eigenvalue weighted by molar-refractivity contribution is 5.68. The van der Waals surface area contributed by atoms with Crippen LogP contribution in [0.1, 0.15) is 11.1 Å². The molecule has 106 valence electrons. The lowest BCUT2D eigenvalue weighted by molar-refractivity contribution is -0.142. The Balaban J connectivity index is 2.65. The van der Waals surface area contributed by atoms with Crippen molar-refractivity contribution < 1.29 is 26.3 Å². The van der Waals surface area contributed by atoms with E-state index in [1.807, 2.05) is 0 Å². The van der Waals surface area contributed by atoms with Gasteiger partial charge in [0, 0.05) is 12.4 Å². The minimum Gasteiger partial charge on any atom is -0.265 e. The zero-order valence-electron chi connectivity index (χ0n) is 9.76. The Hall–Kier alpha value is -2.05. The van der Waals surface area contributed by atoms with Crippen LogP contribution in [-0.4, -0.2) is 4.98 Å². The lowest BCUT2D eigenvalue weighted by Crippen LogP contribution is -2.12. The van der Waals surface area contributed by atoms with Crippen LogP contribution in [0.2, 0.25) is 0 Å². The summed E-state index contributed by atoms with van der Waals surface area (Å²) in [4.78, 5) is 3.66. The summed E-state index contributed by atoms with van der Waals surface area (Å²) in [6.45, 7) is 0. The molecule has 0 amide bonds. The van der Waals surface area contributed by atoms with Crippen molar-refractivity contribution in [3.05, 3.63) is 53.9 Å². The van der Waals surface area contributed by atoms with Crippen LogP contribution in [0.15, 0.2) is 42.7 Å². The summed E-state index contributed by atoms with van der Waals surface area (Å²) in [5, 5.41) is 0. The first-order chi connectivity index (χ1) is 9.19. The van der Waals surface area contributed by atoms with E-state index in [2.05, 4.69) is 4.98 Å². The molecule has 7 heteroatoms. The molecule has 0 aliphatic carbocycles. The van der Waals surface area contributed by atoms with E-state index in [1.54, 1.807) is 0 Å². The summed E-state index contributed by atoms with van der Waals surface area (Å²) in [7, 11) is 0. The minimum absolute atomic E-state index is 0.121. The Morgan fingerprint density at radius 3 is 1.85 bits per heavy atom. The average molecular weight is 291 g/mol. The number of aromatic nitrogens is 1. The van der Waals surface area contributed by atoms with Gasteiger partial charge in [-0.2, -0.15) is 26.3 Å². The maximum atomic E-state index is 12.9. The topological polar surface area (TPSA) is 12.9 Å². The lowest BCUT2D eigenvalue weighted by Gasteiger charge is -2.16. The number of hydrogen-bond acceptors (Lipinski definition) is 1. The molecule has 0 fully saturated rings. The van der Waals surface area contributed by atoms with Gasteiger partial charge in [-0.25, -0.2) is 0 Å². The first kappa shape index (κ1) is 14.4. The molecule has 1 heterocycles. The zero-order valence-corrected chi connectivity index (χ0v) is 9.76. The second-order valence-corrected chi connectivity index (χ2v) is 3.99. The number of pyridine rings is 1. The highest BCUT2D eigenvalue weighted by Gasteiger charge is 2.38. The van der Waals surface area contributed by atoms with Crippen molar-refractivity contribution in [1.82, 2.24) is 4.98 Å². The molecule has 1 aromatic heterocycles. The second kappa shape index (κ2) is 4.81. The number of halogens is 6. The molecule has 1 nitrogen and oxygen atoms in total. The molecule has 0 radical (unpaired) electrons. The van der Waals surface area contributed by atoms with E-state index in [0.29, 0.717) is 6.07 Å². The minimum atomic E-state index is -4.88. The molecule has 2 rings (SSSR count). The number of alkyl halides is 6. The van der Waals surface area contributed by atoms with Crippen molar-refractivity contribution in [3.63, 3.8) is 0 Å². The maximum Gasteiger partial charge on any atom is 0.417 e. The Kier molecular flexibility index (Phi) is 3.45. The van der Waals surface area contributed by atoms with Crippen molar-refractivity contribution in [2.24, 2.45) is 0 Å². The molecule has 0 atom stereocenters. The SMILES string of the molecule is FC(F)(F)c1ccc(-c2ccncc2)c(C(F)(F)F)c1. The maximum absolute atomic E-state index is 12.9. The summed E-state index contributed by atoms with van der Waals surface area (Å²) in [6.07, 6.45) is -7.16. The summed E-state index contributed by atoms with van der Waals surface area (Å²) in [5.74, 6) is 0. The van der Waals surface area contributed by atoms with Crippen molar-refractivity contribution in [1.29, 1.82) is 0 Å². The molecule has 0 aliphatic rings. The van der Waals surface area contributed by atoms with E-state index in [1.165, 1.54) is 24.5 Å². The third-order valence-corrected chi connectivity index (χ3v) is 2.64. The van der Waals surface area contributed by atoms with Crippen LogP contribution < -0.4 is 0 Å². The molecular formula is C13H7F6N. The van der Waals surface area contributed by atoms with Gasteiger partial charge in [0.25, 0.3) is 0 Å². The average Bonchev–Trinajstić information content (AvgIpc) is 2.37. The fraction of sp³-hybridized carbons (Fsp3) is 0.154. The Morgan fingerprint density at radius 2 is 1.35 bits per heavy atom. The first-order valence-corrected chi connectivity index (χ1v) is 5.38. The fourth-order valence-electron chi connectivity index (χ4n) is 1.74. The van der Waals surface area contributed by atoms with E-state index in [0.717, 1.165) is 6.07 Å². The summed E-state index contributed by atoms with van der Waals surface area (Å²) in [5.41, 5.74) is -2.81. The van der Waals surface area contributed by atoms with Gasteiger partial charge >= 0.3 is 12.4 Å². The van der Waals surface area contributed by atoms with Crippen LogP contribution in [-0.2, 0) is 12.4 Å². The Morgan fingerprint density at radius 1 is 0.750 bits per heavy atom. The van der Waals surface area contributed by atoms with Crippen molar-refractivity contribution >= 4 is 0 Å². The number of nitrogens with zero attached hydrogens (tertiary/aromatic N) is 1. The molecule has 20 heavy (non-hydrogen) atoms. The molecule has 2 aromatic rings. The highest BCUT2D eigenvalue weighted by atomic mass is 19.4. The number of rotatable bonds is 1. The molecule has 0 unspecified atom stereocenters. The fourth-order valence-corrected chi connectivity index (χ4v) is 1.74. The molecular weight excluding hydrogens is 284 g/mol. The van der Waals surface area contributed by atoms with Gasteiger partial charge in [-0.1, -0.05) is 6.07 Å². The van der Waals surface area contributed by atoms with E-state index in [-0.39, 0.29) is 17.2 Å². The van der Waals surface area contributed by atoms with E-state index >= 15 is 0 Å². The number of benzene rings is 1. The van der Waals surface area contributed by atoms with Gasteiger partial charge in [-0.15, -0.1) is 0 Å². The third kappa shape index (κ3) is 2.92. The van der Waals surface area contributed by atoms with Gasteiger partial charge in [0.15, 0.2) is 0 Å². The third-order valence-electron chi connectivity index (χ3n) is 2.64. The van der Waals surface area contributed by atoms with Crippen LogP contribution >= 0.6 is 0 Å². The van der Waals surface area contributed by atoms with Crippen LogP contribution in [0.5, 0.6) is 0 Å². The predicted octanol–water partition coefficient (Wildman–Crippen LogP) is 4.79. The van der Waals surface area contributed by atoms with Crippen molar-refractivity contribution in [2.75, 3.05) is 0 Å². The smallest absolute Gasteiger partial charge is 0.265 e. The van der Waals surface area contributed by atoms with Gasteiger partial charge < -0.3 is 0 Å². The molecule has 0 saturated carbocycles. The van der Waals surface area contributed by atoms with Gasteiger partial charge in [0.05, 0.1) is 11.1 Å². The molecule has 0 spiro atoms. The quantitative estimate of drug-likeness (QED) is 0.689. The molecule has 0 bridgehead atoms. The Bertz CT molecular complexity index is 600. The molecule has 0 aliphatic heterocycles. The Labute approximate surface area is 109 Å². The van der Waals surface area contributed by atoms with Crippen LogP contribution in [0.4, 0.5) is 26.3 Å². The predicted molar refractivity (Wildman–Crippen MR) is 59.7 cm³/mol. The van der Waals surface area contributed by atoms with Gasteiger partial charge in [-0.3, -0.25) is 4.98 Å². The summed E-state index contributed by atoms with van der Waals surface area (Å²) in [6, 6.07) is 4.18.